The molecule has 0 amide bonds. The third-order valence-electron chi connectivity index (χ3n) is 2.91. The number of aliphatic hydroxyl groups is 1. The monoisotopic (exact) mass is 266 g/mol. The Kier molecular flexibility index (Phi) is 4.27. The highest BCUT2D eigenvalue weighted by Gasteiger charge is 2.14. The van der Waals surface area contributed by atoms with Crippen LogP contribution in [0.15, 0.2) is 30.6 Å². The van der Waals surface area contributed by atoms with Gasteiger partial charge < -0.3 is 9.67 Å². The minimum Gasteiger partial charge on any atom is -0.388 e. The molecule has 102 valence electrons. The molecule has 1 aromatic heterocycles. The van der Waals surface area contributed by atoms with Crippen LogP contribution in [0.3, 0.4) is 0 Å². The fourth-order valence-corrected chi connectivity index (χ4v) is 2.03. The fraction of sp³-hybridized carbons (Fsp3) is 0.357. The van der Waals surface area contributed by atoms with Gasteiger partial charge in [0, 0.05) is 31.4 Å². The molecule has 0 fully saturated rings. The van der Waals surface area contributed by atoms with Crippen molar-refractivity contribution in [3.8, 4) is 0 Å². The van der Waals surface area contributed by atoms with Crippen molar-refractivity contribution in [2.75, 3.05) is 0 Å². The van der Waals surface area contributed by atoms with E-state index in [2.05, 4.69) is 4.98 Å². The van der Waals surface area contributed by atoms with Gasteiger partial charge in [-0.15, -0.1) is 0 Å². The summed E-state index contributed by atoms with van der Waals surface area (Å²) in [6.45, 7) is 2.85. The van der Waals surface area contributed by atoms with Gasteiger partial charge >= 0.3 is 0 Å². The summed E-state index contributed by atoms with van der Waals surface area (Å²) in [4.78, 5) is 4.16. The molecular formula is C14H16F2N2O. The van der Waals surface area contributed by atoms with Crippen LogP contribution in [0.2, 0.25) is 0 Å². The van der Waals surface area contributed by atoms with E-state index in [1.807, 2.05) is 17.7 Å². The zero-order chi connectivity index (χ0) is 13.8. The van der Waals surface area contributed by atoms with Crippen LogP contribution in [0.1, 0.15) is 30.8 Å². The van der Waals surface area contributed by atoms with Crippen LogP contribution in [0.5, 0.6) is 0 Å². The highest BCUT2D eigenvalue weighted by molar-refractivity contribution is 5.21. The number of halogens is 2. The molecule has 0 saturated heterocycles. The molecule has 0 aliphatic rings. The van der Waals surface area contributed by atoms with E-state index in [-0.39, 0.29) is 12.0 Å². The van der Waals surface area contributed by atoms with Crippen LogP contribution >= 0.6 is 0 Å². The second-order valence-electron chi connectivity index (χ2n) is 4.46. The number of hydrogen-bond donors (Lipinski definition) is 1. The summed E-state index contributed by atoms with van der Waals surface area (Å²) in [5, 5.41) is 10.0. The molecule has 0 aliphatic carbocycles. The van der Waals surface area contributed by atoms with E-state index < -0.39 is 17.7 Å². The fourth-order valence-electron chi connectivity index (χ4n) is 2.03. The van der Waals surface area contributed by atoms with Crippen molar-refractivity contribution in [3.63, 3.8) is 0 Å². The zero-order valence-electron chi connectivity index (χ0n) is 10.7. The molecular weight excluding hydrogens is 250 g/mol. The molecule has 0 bridgehead atoms. The quantitative estimate of drug-likeness (QED) is 0.903. The number of aliphatic hydroxyl groups excluding tert-OH is 1. The molecule has 0 saturated carbocycles. The number of nitrogens with zero attached hydrogens (tertiary/aromatic N) is 2. The first-order chi connectivity index (χ1) is 9.10. The second kappa shape index (κ2) is 5.93. The lowest BCUT2D eigenvalue weighted by atomic mass is 10.1. The van der Waals surface area contributed by atoms with Gasteiger partial charge in [-0.1, -0.05) is 6.92 Å². The maximum Gasteiger partial charge on any atom is 0.126 e. The molecule has 1 atom stereocenters. The summed E-state index contributed by atoms with van der Waals surface area (Å²) in [6.07, 6.45) is 3.70. The van der Waals surface area contributed by atoms with Crippen molar-refractivity contribution >= 4 is 0 Å². The lowest BCUT2D eigenvalue weighted by molar-refractivity contribution is 0.173. The summed E-state index contributed by atoms with van der Waals surface area (Å²) < 4.78 is 28.1. The molecule has 0 spiro atoms. The molecule has 1 unspecified atom stereocenters. The number of aryl methyl sites for hydroxylation is 1. The van der Waals surface area contributed by atoms with E-state index in [0.29, 0.717) is 5.82 Å². The Hall–Kier alpha value is -1.75. The molecule has 1 N–H and O–H groups in total. The van der Waals surface area contributed by atoms with Crippen LogP contribution in [-0.4, -0.2) is 14.7 Å². The molecule has 5 heteroatoms. The summed E-state index contributed by atoms with van der Waals surface area (Å²) >= 11 is 0. The summed E-state index contributed by atoms with van der Waals surface area (Å²) in [5.74, 6) is -0.670. The van der Waals surface area contributed by atoms with Crippen molar-refractivity contribution in [1.82, 2.24) is 9.55 Å². The number of imidazole rings is 1. The third-order valence-corrected chi connectivity index (χ3v) is 2.91. The van der Waals surface area contributed by atoms with E-state index in [0.717, 1.165) is 31.2 Å². The van der Waals surface area contributed by atoms with Crippen LogP contribution in [-0.2, 0) is 13.0 Å². The van der Waals surface area contributed by atoms with Crippen LogP contribution in [0.25, 0.3) is 0 Å². The average molecular weight is 266 g/mol. The molecule has 1 aromatic carbocycles. The molecule has 3 nitrogen and oxygen atoms in total. The van der Waals surface area contributed by atoms with Crippen molar-refractivity contribution in [2.45, 2.75) is 32.4 Å². The van der Waals surface area contributed by atoms with E-state index >= 15 is 0 Å². The van der Waals surface area contributed by atoms with E-state index in [4.69, 9.17) is 0 Å². The first-order valence-corrected chi connectivity index (χ1v) is 6.24. The van der Waals surface area contributed by atoms with Gasteiger partial charge in [-0.05, 0) is 24.1 Å². The van der Waals surface area contributed by atoms with Gasteiger partial charge in [0.25, 0.3) is 0 Å². The number of benzene rings is 1. The van der Waals surface area contributed by atoms with E-state index in [1.165, 1.54) is 0 Å². The van der Waals surface area contributed by atoms with Crippen LogP contribution < -0.4 is 0 Å². The van der Waals surface area contributed by atoms with E-state index in [9.17, 15) is 13.9 Å². The van der Waals surface area contributed by atoms with Gasteiger partial charge in [-0.25, -0.2) is 13.8 Å². The predicted molar refractivity (Wildman–Crippen MR) is 67.5 cm³/mol. The van der Waals surface area contributed by atoms with Crippen molar-refractivity contribution in [2.24, 2.45) is 0 Å². The Morgan fingerprint density at radius 2 is 1.95 bits per heavy atom. The first kappa shape index (κ1) is 13.7. The van der Waals surface area contributed by atoms with Gasteiger partial charge in [-0.3, -0.25) is 0 Å². The lowest BCUT2D eigenvalue weighted by Crippen LogP contribution is -2.09. The van der Waals surface area contributed by atoms with Crippen molar-refractivity contribution in [1.29, 1.82) is 0 Å². The summed E-state index contributed by atoms with van der Waals surface area (Å²) in [6, 6.07) is 3.07. The summed E-state index contributed by atoms with van der Waals surface area (Å²) in [5.41, 5.74) is 0.226. The molecule has 2 rings (SSSR count). The Morgan fingerprint density at radius 1 is 1.26 bits per heavy atom. The maximum absolute atomic E-state index is 13.1. The van der Waals surface area contributed by atoms with Crippen molar-refractivity contribution < 1.29 is 13.9 Å². The minimum absolute atomic E-state index is 0.226. The van der Waals surface area contributed by atoms with Gasteiger partial charge in [0.1, 0.15) is 17.5 Å². The van der Waals surface area contributed by atoms with Crippen molar-refractivity contribution in [3.05, 3.63) is 53.6 Å². The van der Waals surface area contributed by atoms with Crippen LogP contribution in [0.4, 0.5) is 8.78 Å². The average Bonchev–Trinajstić information content (AvgIpc) is 2.76. The number of aromatic nitrogens is 2. The molecule has 0 aliphatic heterocycles. The lowest BCUT2D eigenvalue weighted by Gasteiger charge is -2.12. The standard InChI is InChI=1S/C14H16F2N2O/c1-2-4-18-5-3-17-14(18)9-13(19)10-6-11(15)8-12(16)7-10/h3,5-8,13,19H,2,4,9H2,1H3. The third kappa shape index (κ3) is 3.38. The molecule has 1 heterocycles. The van der Waals surface area contributed by atoms with Gasteiger partial charge in [-0.2, -0.15) is 0 Å². The molecule has 2 aromatic rings. The molecule has 0 radical (unpaired) electrons. The first-order valence-electron chi connectivity index (χ1n) is 6.24. The maximum atomic E-state index is 13.1. The summed E-state index contributed by atoms with van der Waals surface area (Å²) in [7, 11) is 0. The Bertz CT molecular complexity index is 534. The van der Waals surface area contributed by atoms with Crippen LogP contribution in [0, 0.1) is 11.6 Å². The van der Waals surface area contributed by atoms with E-state index in [1.54, 1.807) is 6.20 Å². The SMILES string of the molecule is CCCn1ccnc1CC(O)c1cc(F)cc(F)c1. The Labute approximate surface area is 110 Å². The highest BCUT2D eigenvalue weighted by atomic mass is 19.1. The smallest absolute Gasteiger partial charge is 0.126 e. The topological polar surface area (TPSA) is 38.0 Å². The molecule has 19 heavy (non-hydrogen) atoms. The predicted octanol–water partition coefficient (Wildman–Crippen LogP) is 2.85. The minimum atomic E-state index is -0.969. The number of rotatable bonds is 5. The van der Waals surface area contributed by atoms with Gasteiger partial charge in [0.15, 0.2) is 0 Å². The normalized spacial score (nSPS) is 12.6. The highest BCUT2D eigenvalue weighted by Crippen LogP contribution is 2.20. The zero-order valence-corrected chi connectivity index (χ0v) is 10.7. The number of hydrogen-bond acceptors (Lipinski definition) is 2. The van der Waals surface area contributed by atoms with Gasteiger partial charge in [0.2, 0.25) is 0 Å². The Balaban J connectivity index is 2.15. The largest absolute Gasteiger partial charge is 0.388 e. The van der Waals surface area contributed by atoms with Gasteiger partial charge in [0.05, 0.1) is 6.10 Å². The second-order valence-corrected chi connectivity index (χ2v) is 4.46. The Morgan fingerprint density at radius 3 is 2.58 bits per heavy atom.